The van der Waals surface area contributed by atoms with Crippen LogP contribution in [0.4, 0.5) is 0 Å². The third-order valence-electron chi connectivity index (χ3n) is 2.81. The van der Waals surface area contributed by atoms with Crippen molar-refractivity contribution in [2.24, 2.45) is 0 Å². The fraction of sp³-hybridized carbons (Fsp3) is 0.385. The van der Waals surface area contributed by atoms with E-state index >= 15 is 0 Å². The molecule has 1 atom stereocenters. The maximum Gasteiger partial charge on any atom is 0.241 e. The number of para-hydroxylation sites is 1. The molecule has 0 bridgehead atoms. The van der Waals surface area contributed by atoms with E-state index in [0.29, 0.717) is 6.42 Å². The summed E-state index contributed by atoms with van der Waals surface area (Å²) in [4.78, 5) is 11.8. The second-order valence-corrected chi connectivity index (χ2v) is 4.34. The first kappa shape index (κ1) is 12.6. The summed E-state index contributed by atoms with van der Waals surface area (Å²) in [5.41, 5.74) is 0.947. The molecule has 1 heterocycles. The second-order valence-electron chi connectivity index (χ2n) is 4.34. The first-order chi connectivity index (χ1) is 8.70. The van der Waals surface area contributed by atoms with Gasteiger partial charge in [-0.1, -0.05) is 18.2 Å². The number of nitrogens with zero attached hydrogens (tertiary/aromatic N) is 2. The zero-order valence-corrected chi connectivity index (χ0v) is 10.3. The number of amides is 1. The highest BCUT2D eigenvalue weighted by Crippen LogP contribution is 2.12. The Morgan fingerprint density at radius 1 is 1.50 bits per heavy atom. The van der Waals surface area contributed by atoms with Crippen LogP contribution in [0.3, 0.4) is 0 Å². The Morgan fingerprint density at radius 2 is 2.28 bits per heavy atom. The maximum absolute atomic E-state index is 11.8. The number of hydrogen-bond donors (Lipinski definition) is 2. The first-order valence-corrected chi connectivity index (χ1v) is 6.01. The lowest BCUT2D eigenvalue weighted by Crippen LogP contribution is -2.35. The maximum atomic E-state index is 11.8. The Labute approximate surface area is 105 Å². The lowest BCUT2D eigenvalue weighted by molar-refractivity contribution is -0.122. The summed E-state index contributed by atoms with van der Waals surface area (Å²) in [5.74, 6) is -0.0928. The number of nitrogens with one attached hydrogen (secondary N) is 1. The van der Waals surface area contributed by atoms with Crippen LogP contribution in [0.15, 0.2) is 30.5 Å². The highest BCUT2D eigenvalue weighted by molar-refractivity contribution is 5.82. The van der Waals surface area contributed by atoms with E-state index in [1.54, 1.807) is 10.9 Å². The minimum Gasteiger partial charge on any atom is -0.396 e. The summed E-state index contributed by atoms with van der Waals surface area (Å²) >= 11 is 0. The zero-order valence-electron chi connectivity index (χ0n) is 10.3. The highest BCUT2D eigenvalue weighted by atomic mass is 16.3. The van der Waals surface area contributed by atoms with Gasteiger partial charge >= 0.3 is 0 Å². The third kappa shape index (κ3) is 2.87. The molecular weight excluding hydrogens is 230 g/mol. The van der Waals surface area contributed by atoms with Crippen LogP contribution in [0, 0.1) is 0 Å². The molecular formula is C13H17N3O2. The van der Waals surface area contributed by atoms with Crippen LogP contribution < -0.4 is 5.32 Å². The Kier molecular flexibility index (Phi) is 3.94. The van der Waals surface area contributed by atoms with Crippen LogP contribution in [0.25, 0.3) is 10.9 Å². The first-order valence-electron chi connectivity index (χ1n) is 6.01. The Morgan fingerprint density at radius 3 is 3.06 bits per heavy atom. The molecule has 0 spiro atoms. The van der Waals surface area contributed by atoms with Crippen molar-refractivity contribution < 1.29 is 9.90 Å². The van der Waals surface area contributed by atoms with Crippen LogP contribution in [0.1, 0.15) is 13.3 Å². The molecule has 96 valence electrons. The van der Waals surface area contributed by atoms with Gasteiger partial charge in [-0.15, -0.1) is 0 Å². The van der Waals surface area contributed by atoms with Gasteiger partial charge in [-0.25, -0.2) is 0 Å². The van der Waals surface area contributed by atoms with Crippen LogP contribution in [-0.4, -0.2) is 33.4 Å². The number of rotatable bonds is 5. The summed E-state index contributed by atoms with van der Waals surface area (Å²) in [6.07, 6.45) is 2.31. The van der Waals surface area contributed by atoms with Crippen LogP contribution in [0.5, 0.6) is 0 Å². The molecule has 18 heavy (non-hydrogen) atoms. The standard InChI is InChI=1S/C13H17N3O2/c1-10(6-7-17)15-13(18)9-16-12-5-3-2-4-11(12)8-14-16/h2-5,8,10,17H,6-7,9H2,1H3,(H,15,18)/t10-/m1/s1. The van der Waals surface area contributed by atoms with Crippen molar-refractivity contribution in [1.29, 1.82) is 0 Å². The fourth-order valence-electron chi connectivity index (χ4n) is 1.87. The molecule has 2 rings (SSSR count). The van der Waals surface area contributed by atoms with Gasteiger partial charge in [0.15, 0.2) is 0 Å². The van der Waals surface area contributed by atoms with Gasteiger partial charge in [0.1, 0.15) is 6.54 Å². The number of aromatic nitrogens is 2. The number of aliphatic hydroxyl groups excluding tert-OH is 1. The molecule has 0 aliphatic rings. The van der Waals surface area contributed by atoms with Crippen molar-refractivity contribution in [1.82, 2.24) is 15.1 Å². The molecule has 0 fully saturated rings. The van der Waals surface area contributed by atoms with Gasteiger partial charge in [-0.3, -0.25) is 9.48 Å². The average Bonchev–Trinajstić information content (AvgIpc) is 2.73. The largest absolute Gasteiger partial charge is 0.396 e. The predicted molar refractivity (Wildman–Crippen MR) is 69.0 cm³/mol. The summed E-state index contributed by atoms with van der Waals surface area (Å²) in [6, 6.07) is 7.74. The molecule has 0 aliphatic carbocycles. The van der Waals surface area contributed by atoms with Crippen molar-refractivity contribution in [3.8, 4) is 0 Å². The van der Waals surface area contributed by atoms with E-state index in [1.165, 1.54) is 0 Å². The molecule has 2 aromatic rings. The Hall–Kier alpha value is -1.88. The van der Waals surface area contributed by atoms with E-state index in [9.17, 15) is 4.79 Å². The molecule has 0 unspecified atom stereocenters. The van der Waals surface area contributed by atoms with Crippen LogP contribution in [0.2, 0.25) is 0 Å². The van der Waals surface area contributed by atoms with Gasteiger partial charge in [0.25, 0.3) is 0 Å². The molecule has 0 aliphatic heterocycles. The van der Waals surface area contributed by atoms with E-state index in [0.717, 1.165) is 10.9 Å². The van der Waals surface area contributed by atoms with Crippen molar-refractivity contribution >= 4 is 16.8 Å². The summed E-state index contributed by atoms with van der Waals surface area (Å²) in [6.45, 7) is 2.14. The smallest absolute Gasteiger partial charge is 0.241 e. The van der Waals surface area contributed by atoms with Gasteiger partial charge in [0.2, 0.25) is 5.91 Å². The normalized spacial score (nSPS) is 12.6. The van der Waals surface area contributed by atoms with Crippen LogP contribution in [-0.2, 0) is 11.3 Å². The van der Waals surface area contributed by atoms with E-state index < -0.39 is 0 Å². The molecule has 0 saturated carbocycles. The zero-order chi connectivity index (χ0) is 13.0. The van der Waals surface area contributed by atoms with Gasteiger partial charge in [0.05, 0.1) is 11.7 Å². The Balaban J connectivity index is 2.03. The molecule has 2 N–H and O–H groups in total. The van der Waals surface area contributed by atoms with E-state index in [4.69, 9.17) is 5.11 Å². The van der Waals surface area contributed by atoms with E-state index in [1.807, 2.05) is 31.2 Å². The minimum absolute atomic E-state index is 0.0238. The summed E-state index contributed by atoms with van der Waals surface area (Å²) in [7, 11) is 0. The topological polar surface area (TPSA) is 67.2 Å². The monoisotopic (exact) mass is 247 g/mol. The quantitative estimate of drug-likeness (QED) is 0.825. The molecule has 0 radical (unpaired) electrons. The lowest BCUT2D eigenvalue weighted by Gasteiger charge is -2.12. The van der Waals surface area contributed by atoms with Crippen LogP contribution >= 0.6 is 0 Å². The second kappa shape index (κ2) is 5.64. The van der Waals surface area contributed by atoms with Gasteiger partial charge in [-0.2, -0.15) is 5.10 Å². The molecule has 5 nitrogen and oxygen atoms in total. The molecule has 1 amide bonds. The number of aliphatic hydroxyl groups is 1. The number of fused-ring (bicyclic) bond motifs is 1. The summed E-state index contributed by atoms with van der Waals surface area (Å²) in [5, 5.41) is 16.8. The summed E-state index contributed by atoms with van der Waals surface area (Å²) < 4.78 is 1.68. The molecule has 5 heteroatoms. The number of hydrogen-bond acceptors (Lipinski definition) is 3. The van der Waals surface area contributed by atoms with Crippen molar-refractivity contribution in [2.75, 3.05) is 6.61 Å². The molecule has 1 aromatic heterocycles. The van der Waals surface area contributed by atoms with Gasteiger partial charge in [-0.05, 0) is 19.4 Å². The average molecular weight is 247 g/mol. The lowest BCUT2D eigenvalue weighted by atomic mass is 10.2. The van der Waals surface area contributed by atoms with Crippen molar-refractivity contribution in [2.45, 2.75) is 25.9 Å². The van der Waals surface area contributed by atoms with E-state index in [-0.39, 0.29) is 25.1 Å². The Bertz CT molecular complexity index is 536. The predicted octanol–water partition coefficient (Wildman–Crippen LogP) is 0.923. The van der Waals surface area contributed by atoms with Gasteiger partial charge < -0.3 is 10.4 Å². The van der Waals surface area contributed by atoms with Gasteiger partial charge in [0, 0.05) is 18.0 Å². The van der Waals surface area contributed by atoms with E-state index in [2.05, 4.69) is 10.4 Å². The third-order valence-corrected chi connectivity index (χ3v) is 2.81. The van der Waals surface area contributed by atoms with Crippen molar-refractivity contribution in [3.05, 3.63) is 30.5 Å². The SMILES string of the molecule is C[C@H](CCO)NC(=O)Cn1ncc2ccccc21. The number of carbonyl (C=O) groups excluding carboxylic acids is 1. The molecule has 1 aromatic carbocycles. The highest BCUT2D eigenvalue weighted by Gasteiger charge is 2.09. The number of carbonyl (C=O) groups is 1. The number of benzene rings is 1. The fourth-order valence-corrected chi connectivity index (χ4v) is 1.87. The van der Waals surface area contributed by atoms with Crippen molar-refractivity contribution in [3.63, 3.8) is 0 Å². The minimum atomic E-state index is -0.0928. The molecule has 0 saturated heterocycles.